The molecular weight excluding hydrogens is 374 g/mol. The molecule has 144 valence electrons. The highest BCUT2D eigenvalue weighted by Gasteiger charge is 2.08. The summed E-state index contributed by atoms with van der Waals surface area (Å²) in [6.07, 6.45) is 0. The lowest BCUT2D eigenvalue weighted by atomic mass is 10.1. The number of benzene rings is 3. The number of carbonyl (C=O) groups excluding carboxylic acids is 1. The molecule has 0 saturated carbocycles. The minimum Gasteiger partial charge on any atom is -0.489 e. The number of ether oxygens (including phenoxy) is 2. The van der Waals surface area contributed by atoms with Crippen molar-refractivity contribution in [1.29, 1.82) is 0 Å². The molecular formula is C23H22ClNO3. The van der Waals surface area contributed by atoms with Crippen molar-refractivity contribution in [1.82, 2.24) is 0 Å². The molecule has 0 saturated heterocycles. The Bertz CT molecular complexity index is 917. The molecule has 1 amide bonds. The summed E-state index contributed by atoms with van der Waals surface area (Å²) in [5.74, 6) is 1.26. The second-order valence-corrected chi connectivity index (χ2v) is 6.93. The summed E-state index contributed by atoms with van der Waals surface area (Å²) in [5.41, 5.74) is 3.74. The lowest BCUT2D eigenvalue weighted by Gasteiger charge is -2.12. The highest BCUT2D eigenvalue weighted by molar-refractivity contribution is 6.30. The van der Waals surface area contributed by atoms with Crippen LogP contribution in [0, 0.1) is 13.8 Å². The van der Waals surface area contributed by atoms with E-state index in [4.69, 9.17) is 21.1 Å². The lowest BCUT2D eigenvalue weighted by Crippen LogP contribution is -2.20. The van der Waals surface area contributed by atoms with Gasteiger partial charge in [0.1, 0.15) is 18.1 Å². The molecule has 0 atom stereocenters. The first-order chi connectivity index (χ1) is 13.5. The number of anilines is 1. The third-order valence-corrected chi connectivity index (χ3v) is 4.47. The normalized spacial score (nSPS) is 10.4. The summed E-state index contributed by atoms with van der Waals surface area (Å²) < 4.78 is 11.4. The van der Waals surface area contributed by atoms with Gasteiger partial charge in [0.15, 0.2) is 6.61 Å². The fourth-order valence-corrected chi connectivity index (χ4v) is 2.87. The van der Waals surface area contributed by atoms with Crippen molar-refractivity contribution >= 4 is 23.2 Å². The van der Waals surface area contributed by atoms with E-state index in [9.17, 15) is 4.79 Å². The fourth-order valence-electron chi connectivity index (χ4n) is 2.74. The molecule has 3 aromatic carbocycles. The zero-order valence-electron chi connectivity index (χ0n) is 15.9. The van der Waals surface area contributed by atoms with Crippen LogP contribution in [0.5, 0.6) is 11.5 Å². The Morgan fingerprint density at radius 1 is 0.893 bits per heavy atom. The second-order valence-electron chi connectivity index (χ2n) is 6.50. The van der Waals surface area contributed by atoms with Gasteiger partial charge >= 0.3 is 0 Å². The molecule has 0 aliphatic rings. The van der Waals surface area contributed by atoms with Crippen molar-refractivity contribution < 1.29 is 14.3 Å². The molecule has 3 aromatic rings. The summed E-state index contributed by atoms with van der Waals surface area (Å²) in [6.45, 7) is 4.33. The van der Waals surface area contributed by atoms with E-state index in [1.54, 1.807) is 12.1 Å². The summed E-state index contributed by atoms with van der Waals surface area (Å²) >= 11 is 5.88. The predicted octanol–water partition coefficient (Wildman–Crippen LogP) is 5.55. The number of hydrogen-bond acceptors (Lipinski definition) is 3. The molecule has 0 aromatic heterocycles. The molecule has 0 bridgehead atoms. The van der Waals surface area contributed by atoms with Gasteiger partial charge in [0.25, 0.3) is 5.91 Å². The van der Waals surface area contributed by atoms with Crippen molar-refractivity contribution in [3.63, 3.8) is 0 Å². The Morgan fingerprint density at radius 3 is 2.18 bits per heavy atom. The van der Waals surface area contributed by atoms with Gasteiger partial charge in [-0.3, -0.25) is 4.79 Å². The van der Waals surface area contributed by atoms with Gasteiger partial charge in [0.2, 0.25) is 0 Å². The van der Waals surface area contributed by atoms with E-state index in [0.29, 0.717) is 17.3 Å². The van der Waals surface area contributed by atoms with E-state index >= 15 is 0 Å². The standard InChI is InChI=1S/C23H22ClNO3/c1-16-4-3-5-17(2)23(16)28-15-22(26)25-20-10-12-21(13-11-20)27-14-18-6-8-19(24)9-7-18/h3-13H,14-15H2,1-2H3,(H,25,26). The maximum Gasteiger partial charge on any atom is 0.262 e. The van der Waals surface area contributed by atoms with Crippen LogP contribution in [0.1, 0.15) is 16.7 Å². The molecule has 0 fully saturated rings. The Balaban J connectivity index is 1.49. The predicted molar refractivity (Wildman–Crippen MR) is 112 cm³/mol. The summed E-state index contributed by atoms with van der Waals surface area (Å²) in [7, 11) is 0. The lowest BCUT2D eigenvalue weighted by molar-refractivity contribution is -0.118. The van der Waals surface area contributed by atoms with E-state index in [2.05, 4.69) is 5.32 Å². The van der Waals surface area contributed by atoms with Crippen molar-refractivity contribution in [2.75, 3.05) is 11.9 Å². The molecule has 0 unspecified atom stereocenters. The summed E-state index contributed by atoms with van der Waals surface area (Å²) in [5, 5.41) is 3.52. The van der Waals surface area contributed by atoms with Crippen LogP contribution in [-0.2, 0) is 11.4 Å². The van der Waals surface area contributed by atoms with Gasteiger partial charge in [0.05, 0.1) is 0 Å². The molecule has 0 heterocycles. The minimum absolute atomic E-state index is 0.0412. The monoisotopic (exact) mass is 395 g/mol. The molecule has 4 nitrogen and oxygen atoms in total. The number of aryl methyl sites for hydroxylation is 2. The maximum atomic E-state index is 12.2. The average molecular weight is 396 g/mol. The highest BCUT2D eigenvalue weighted by Crippen LogP contribution is 2.22. The van der Waals surface area contributed by atoms with E-state index in [-0.39, 0.29) is 12.5 Å². The van der Waals surface area contributed by atoms with Crippen LogP contribution < -0.4 is 14.8 Å². The van der Waals surface area contributed by atoms with Crippen LogP contribution in [-0.4, -0.2) is 12.5 Å². The van der Waals surface area contributed by atoms with Crippen LogP contribution >= 0.6 is 11.6 Å². The number of carbonyl (C=O) groups is 1. The largest absolute Gasteiger partial charge is 0.489 e. The zero-order valence-corrected chi connectivity index (χ0v) is 16.6. The molecule has 5 heteroatoms. The van der Waals surface area contributed by atoms with Crippen molar-refractivity contribution in [3.05, 3.63) is 88.4 Å². The number of hydrogen-bond donors (Lipinski definition) is 1. The van der Waals surface area contributed by atoms with Crippen LogP contribution in [0.15, 0.2) is 66.7 Å². The number of para-hydroxylation sites is 1. The quantitative estimate of drug-likeness (QED) is 0.570. The van der Waals surface area contributed by atoms with E-state index < -0.39 is 0 Å². The van der Waals surface area contributed by atoms with Crippen LogP contribution in [0.4, 0.5) is 5.69 Å². The van der Waals surface area contributed by atoms with Crippen molar-refractivity contribution in [2.45, 2.75) is 20.5 Å². The van der Waals surface area contributed by atoms with Crippen LogP contribution in [0.2, 0.25) is 5.02 Å². The topological polar surface area (TPSA) is 47.6 Å². The summed E-state index contributed by atoms with van der Waals surface area (Å²) in [4.78, 5) is 12.2. The van der Waals surface area contributed by atoms with Gasteiger partial charge in [-0.05, 0) is 66.9 Å². The molecule has 3 rings (SSSR count). The first-order valence-corrected chi connectivity index (χ1v) is 9.35. The number of rotatable bonds is 7. The van der Waals surface area contributed by atoms with E-state index in [0.717, 1.165) is 28.2 Å². The van der Waals surface area contributed by atoms with Gasteiger partial charge < -0.3 is 14.8 Å². The SMILES string of the molecule is Cc1cccc(C)c1OCC(=O)Nc1ccc(OCc2ccc(Cl)cc2)cc1. The summed E-state index contributed by atoms with van der Waals surface area (Å²) in [6, 6.07) is 20.6. The first kappa shape index (κ1) is 19.8. The zero-order chi connectivity index (χ0) is 19.9. The van der Waals surface area contributed by atoms with Crippen LogP contribution in [0.25, 0.3) is 0 Å². The molecule has 1 N–H and O–H groups in total. The van der Waals surface area contributed by atoms with Gasteiger partial charge in [-0.2, -0.15) is 0 Å². The fraction of sp³-hybridized carbons (Fsp3) is 0.174. The average Bonchev–Trinajstić information content (AvgIpc) is 2.68. The molecule has 28 heavy (non-hydrogen) atoms. The molecule has 0 radical (unpaired) electrons. The second kappa shape index (κ2) is 9.29. The Kier molecular flexibility index (Phi) is 6.56. The van der Waals surface area contributed by atoms with Crippen LogP contribution in [0.3, 0.4) is 0 Å². The number of nitrogens with one attached hydrogen (secondary N) is 1. The van der Waals surface area contributed by atoms with E-state index in [1.165, 1.54) is 0 Å². The highest BCUT2D eigenvalue weighted by atomic mass is 35.5. The number of halogens is 1. The Morgan fingerprint density at radius 2 is 1.54 bits per heavy atom. The van der Waals surface area contributed by atoms with Crippen molar-refractivity contribution in [2.24, 2.45) is 0 Å². The Hall–Kier alpha value is -2.98. The van der Waals surface area contributed by atoms with Gasteiger partial charge in [0, 0.05) is 10.7 Å². The number of amides is 1. The van der Waals surface area contributed by atoms with E-state index in [1.807, 2.05) is 68.4 Å². The first-order valence-electron chi connectivity index (χ1n) is 8.97. The van der Waals surface area contributed by atoms with Gasteiger partial charge in [-0.15, -0.1) is 0 Å². The molecule has 0 aliphatic heterocycles. The smallest absolute Gasteiger partial charge is 0.262 e. The maximum absolute atomic E-state index is 12.2. The van der Waals surface area contributed by atoms with Gasteiger partial charge in [-0.25, -0.2) is 0 Å². The van der Waals surface area contributed by atoms with Crippen molar-refractivity contribution in [3.8, 4) is 11.5 Å². The molecule has 0 aliphatic carbocycles. The third-order valence-electron chi connectivity index (χ3n) is 4.21. The molecule has 0 spiro atoms. The third kappa shape index (κ3) is 5.51. The Labute approximate surface area is 170 Å². The minimum atomic E-state index is -0.211. The van der Waals surface area contributed by atoms with Gasteiger partial charge in [-0.1, -0.05) is 41.9 Å².